The van der Waals surface area contributed by atoms with Crippen molar-refractivity contribution in [1.82, 2.24) is 10.2 Å². The summed E-state index contributed by atoms with van der Waals surface area (Å²) in [6.45, 7) is 5.59. The monoisotopic (exact) mass is 343 g/mol. The molecule has 2 rings (SSSR count). The van der Waals surface area contributed by atoms with Gasteiger partial charge in [-0.2, -0.15) is 13.2 Å². The average Bonchev–Trinajstić information content (AvgIpc) is 2.93. The summed E-state index contributed by atoms with van der Waals surface area (Å²) in [5.41, 5.74) is 5.62. The fourth-order valence-corrected chi connectivity index (χ4v) is 2.12. The van der Waals surface area contributed by atoms with Crippen molar-refractivity contribution in [2.75, 3.05) is 0 Å². The Kier molecular flexibility index (Phi) is 4.54. The summed E-state index contributed by atoms with van der Waals surface area (Å²) in [5, 5.41) is 6.35. The summed E-state index contributed by atoms with van der Waals surface area (Å²) in [6.07, 6.45) is -6.22. The standard InChI is InChI=1S/C15H16F3N3O3/c1-14(2,3)10(23-13(19)22)8-4-6-9(7-5-8)11-20-21-12(24-11)15(16,17)18/h4-7,10H,1-3H3,(H2,19,22). The molecule has 130 valence electrons. The molecule has 2 N–H and O–H groups in total. The number of halogens is 3. The third kappa shape index (κ3) is 4.03. The van der Waals surface area contributed by atoms with E-state index in [0.717, 1.165) is 0 Å². The third-order valence-corrected chi connectivity index (χ3v) is 3.15. The average molecular weight is 343 g/mol. The van der Waals surface area contributed by atoms with Gasteiger partial charge in [-0.25, -0.2) is 4.79 Å². The molecule has 1 heterocycles. The van der Waals surface area contributed by atoms with Crippen molar-refractivity contribution in [3.8, 4) is 11.5 Å². The number of rotatable bonds is 3. The molecule has 0 bridgehead atoms. The van der Waals surface area contributed by atoms with E-state index >= 15 is 0 Å². The Morgan fingerprint density at radius 2 is 1.75 bits per heavy atom. The second-order valence-electron chi connectivity index (χ2n) is 6.22. The van der Waals surface area contributed by atoms with Crippen molar-refractivity contribution >= 4 is 6.09 Å². The molecule has 0 saturated heterocycles. The number of benzene rings is 1. The highest BCUT2D eigenvalue weighted by atomic mass is 19.4. The van der Waals surface area contributed by atoms with Crippen LogP contribution in [0.5, 0.6) is 0 Å². The number of carbonyl (C=O) groups is 1. The van der Waals surface area contributed by atoms with Gasteiger partial charge in [-0.15, -0.1) is 10.2 Å². The molecule has 1 amide bonds. The first-order valence-corrected chi connectivity index (χ1v) is 6.95. The maximum absolute atomic E-state index is 12.5. The van der Waals surface area contributed by atoms with Gasteiger partial charge in [0.2, 0.25) is 5.89 Å². The van der Waals surface area contributed by atoms with E-state index in [1.807, 2.05) is 20.8 Å². The van der Waals surface area contributed by atoms with Crippen molar-refractivity contribution < 1.29 is 27.1 Å². The van der Waals surface area contributed by atoms with Gasteiger partial charge in [-0.1, -0.05) is 32.9 Å². The molecule has 0 saturated carbocycles. The fourth-order valence-electron chi connectivity index (χ4n) is 2.12. The predicted octanol–water partition coefficient (Wildman–Crippen LogP) is 3.94. The van der Waals surface area contributed by atoms with Crippen molar-refractivity contribution in [2.45, 2.75) is 33.1 Å². The Balaban J connectivity index is 2.29. The molecule has 0 aliphatic carbocycles. The van der Waals surface area contributed by atoms with Gasteiger partial charge < -0.3 is 14.9 Å². The first-order chi connectivity index (χ1) is 11.0. The van der Waals surface area contributed by atoms with E-state index in [1.165, 1.54) is 12.1 Å². The molecule has 1 aromatic carbocycles. The normalized spacial score (nSPS) is 13.6. The minimum atomic E-state index is -4.70. The van der Waals surface area contributed by atoms with E-state index in [0.29, 0.717) is 11.1 Å². The van der Waals surface area contributed by atoms with Crippen LogP contribution >= 0.6 is 0 Å². The van der Waals surface area contributed by atoms with E-state index in [9.17, 15) is 18.0 Å². The molecular weight excluding hydrogens is 327 g/mol. The fraction of sp³-hybridized carbons (Fsp3) is 0.400. The maximum Gasteiger partial charge on any atom is 0.470 e. The number of ether oxygens (including phenoxy) is 1. The highest BCUT2D eigenvalue weighted by Gasteiger charge is 2.38. The number of carbonyl (C=O) groups excluding carboxylic acids is 1. The van der Waals surface area contributed by atoms with Gasteiger partial charge in [-0.05, 0) is 17.7 Å². The summed E-state index contributed by atoms with van der Waals surface area (Å²) in [7, 11) is 0. The molecule has 0 aliphatic heterocycles. The minimum absolute atomic E-state index is 0.253. The Morgan fingerprint density at radius 3 is 2.17 bits per heavy atom. The summed E-state index contributed by atoms with van der Waals surface area (Å²) in [6, 6.07) is 6.22. The zero-order valence-electron chi connectivity index (χ0n) is 13.2. The van der Waals surface area contributed by atoms with Gasteiger partial charge >= 0.3 is 18.2 Å². The van der Waals surface area contributed by atoms with Gasteiger partial charge in [0.25, 0.3) is 0 Å². The molecular formula is C15H16F3N3O3. The van der Waals surface area contributed by atoms with Crippen LogP contribution in [0.15, 0.2) is 28.7 Å². The van der Waals surface area contributed by atoms with Crippen LogP contribution in [0.1, 0.15) is 38.3 Å². The van der Waals surface area contributed by atoms with Crippen LogP contribution in [-0.2, 0) is 10.9 Å². The zero-order valence-corrected chi connectivity index (χ0v) is 13.2. The first kappa shape index (κ1) is 17.8. The van der Waals surface area contributed by atoms with E-state index < -0.39 is 29.7 Å². The highest BCUT2D eigenvalue weighted by Crippen LogP contribution is 2.37. The molecule has 9 heteroatoms. The molecule has 1 aromatic heterocycles. The van der Waals surface area contributed by atoms with Crippen molar-refractivity contribution in [2.24, 2.45) is 11.1 Å². The number of amides is 1. The number of nitrogens with two attached hydrogens (primary N) is 1. The van der Waals surface area contributed by atoms with E-state index in [4.69, 9.17) is 10.5 Å². The number of alkyl halides is 3. The van der Waals surface area contributed by atoms with Crippen molar-refractivity contribution in [3.05, 3.63) is 35.7 Å². The molecule has 6 nitrogen and oxygen atoms in total. The van der Waals surface area contributed by atoms with Crippen LogP contribution in [0.4, 0.5) is 18.0 Å². The van der Waals surface area contributed by atoms with Gasteiger partial charge in [0.05, 0.1) is 0 Å². The smallest absolute Gasteiger partial charge is 0.441 e. The second kappa shape index (κ2) is 6.14. The number of hydrogen-bond acceptors (Lipinski definition) is 5. The van der Waals surface area contributed by atoms with Crippen LogP contribution in [-0.4, -0.2) is 16.3 Å². The van der Waals surface area contributed by atoms with Crippen molar-refractivity contribution in [3.63, 3.8) is 0 Å². The zero-order chi connectivity index (χ0) is 18.1. The largest absolute Gasteiger partial charge is 0.470 e. The minimum Gasteiger partial charge on any atom is -0.441 e. The van der Waals surface area contributed by atoms with Crippen LogP contribution in [0.2, 0.25) is 0 Å². The molecule has 1 unspecified atom stereocenters. The first-order valence-electron chi connectivity index (χ1n) is 6.95. The Morgan fingerprint density at radius 1 is 1.17 bits per heavy atom. The summed E-state index contributed by atoms with van der Waals surface area (Å²) in [4.78, 5) is 11.1. The number of aromatic nitrogens is 2. The number of nitrogens with zero attached hydrogens (tertiary/aromatic N) is 2. The molecule has 0 fully saturated rings. The number of primary amides is 1. The third-order valence-electron chi connectivity index (χ3n) is 3.15. The SMILES string of the molecule is CC(C)(C)C(OC(N)=O)c1ccc(-c2nnc(C(F)(F)F)o2)cc1. The topological polar surface area (TPSA) is 91.2 Å². The predicted molar refractivity (Wildman–Crippen MR) is 77.6 cm³/mol. The second-order valence-corrected chi connectivity index (χ2v) is 6.22. The molecule has 1 atom stereocenters. The van der Waals surface area contributed by atoms with Crippen LogP contribution < -0.4 is 5.73 Å². The maximum atomic E-state index is 12.5. The molecule has 0 aliphatic rings. The summed E-state index contributed by atoms with van der Waals surface area (Å²) < 4.78 is 47.2. The lowest BCUT2D eigenvalue weighted by molar-refractivity contribution is -0.156. The van der Waals surface area contributed by atoms with Crippen molar-refractivity contribution in [1.29, 1.82) is 0 Å². The molecule has 2 aromatic rings. The number of hydrogen-bond donors (Lipinski definition) is 1. The van der Waals surface area contributed by atoms with Crippen LogP contribution in [0, 0.1) is 5.41 Å². The Bertz CT molecular complexity index is 718. The van der Waals surface area contributed by atoms with Crippen LogP contribution in [0.25, 0.3) is 11.5 Å². The van der Waals surface area contributed by atoms with Gasteiger partial charge in [0, 0.05) is 11.0 Å². The Labute approximate surface area is 135 Å². The summed E-state index contributed by atoms with van der Waals surface area (Å²) >= 11 is 0. The van der Waals surface area contributed by atoms with Gasteiger partial charge in [0.1, 0.15) is 6.10 Å². The molecule has 0 radical (unpaired) electrons. The van der Waals surface area contributed by atoms with E-state index in [1.54, 1.807) is 12.1 Å². The lowest BCUT2D eigenvalue weighted by Gasteiger charge is -2.30. The van der Waals surface area contributed by atoms with E-state index in [2.05, 4.69) is 14.6 Å². The molecule has 24 heavy (non-hydrogen) atoms. The molecule has 0 spiro atoms. The Hall–Kier alpha value is -2.58. The highest BCUT2D eigenvalue weighted by molar-refractivity contribution is 5.65. The summed E-state index contributed by atoms with van der Waals surface area (Å²) in [5.74, 6) is -1.66. The quantitative estimate of drug-likeness (QED) is 0.911. The van der Waals surface area contributed by atoms with Gasteiger partial charge in [-0.3, -0.25) is 0 Å². The van der Waals surface area contributed by atoms with E-state index in [-0.39, 0.29) is 5.89 Å². The van der Waals surface area contributed by atoms with Gasteiger partial charge in [0.15, 0.2) is 0 Å². The lowest BCUT2D eigenvalue weighted by Crippen LogP contribution is -2.26. The van der Waals surface area contributed by atoms with Crippen LogP contribution in [0.3, 0.4) is 0 Å². The lowest BCUT2D eigenvalue weighted by atomic mass is 9.84.